The van der Waals surface area contributed by atoms with E-state index >= 15 is 0 Å². The molecule has 1 amide bonds. The van der Waals surface area contributed by atoms with Crippen molar-refractivity contribution in [3.63, 3.8) is 0 Å². The Bertz CT molecular complexity index is 785. The van der Waals surface area contributed by atoms with Gasteiger partial charge in [0.1, 0.15) is 11.5 Å². The van der Waals surface area contributed by atoms with Crippen LogP contribution in [-0.4, -0.2) is 34.0 Å². The molecule has 0 spiro atoms. The zero-order valence-corrected chi connectivity index (χ0v) is 12.6. The average Bonchev–Trinajstić information content (AvgIpc) is 2.90. The van der Waals surface area contributed by atoms with Crippen molar-refractivity contribution in [2.75, 3.05) is 23.9 Å². The van der Waals surface area contributed by atoms with Crippen LogP contribution in [0, 0.1) is 10.1 Å². The minimum atomic E-state index is -0.468. The molecule has 2 aromatic rings. The van der Waals surface area contributed by atoms with Gasteiger partial charge in [0, 0.05) is 26.5 Å². The van der Waals surface area contributed by atoms with Gasteiger partial charge in [-0.05, 0) is 6.07 Å². The Morgan fingerprint density at radius 1 is 1.52 bits per heavy atom. The molecule has 1 aliphatic rings. The summed E-state index contributed by atoms with van der Waals surface area (Å²) in [6.45, 7) is 0.241. The number of amides is 1. The van der Waals surface area contributed by atoms with Gasteiger partial charge in [-0.2, -0.15) is 0 Å². The van der Waals surface area contributed by atoms with Crippen LogP contribution >= 0.6 is 0 Å². The number of fused-ring (bicyclic) bond motifs is 1. The van der Waals surface area contributed by atoms with Crippen molar-refractivity contribution in [1.29, 1.82) is 0 Å². The van der Waals surface area contributed by atoms with Crippen LogP contribution in [0.25, 0.3) is 0 Å². The van der Waals surface area contributed by atoms with Crippen LogP contribution in [0.3, 0.4) is 0 Å². The standard InChI is InChI=1S/C14H15N5O4/c1-17-4-3-15-13(17)7-18(2)10-5-9-12(6-11(10)19(21)22)23-8-14(20)16-9/h3-6H,7-8H2,1-2H3,(H,16,20). The lowest BCUT2D eigenvalue weighted by Gasteiger charge is -2.23. The van der Waals surface area contributed by atoms with Crippen molar-refractivity contribution in [3.05, 3.63) is 40.5 Å². The van der Waals surface area contributed by atoms with E-state index in [9.17, 15) is 14.9 Å². The Morgan fingerprint density at radius 2 is 2.30 bits per heavy atom. The SMILES string of the molecule is CN(Cc1nccn1C)c1cc2c(cc1[N+](=O)[O-])OCC(=O)N2. The van der Waals surface area contributed by atoms with Crippen LogP contribution in [0.15, 0.2) is 24.5 Å². The van der Waals surface area contributed by atoms with Gasteiger partial charge in [-0.25, -0.2) is 4.98 Å². The van der Waals surface area contributed by atoms with Crippen LogP contribution in [0.1, 0.15) is 5.82 Å². The second-order valence-electron chi connectivity index (χ2n) is 5.24. The normalized spacial score (nSPS) is 13.0. The van der Waals surface area contributed by atoms with Crippen molar-refractivity contribution in [2.45, 2.75) is 6.54 Å². The number of nitro groups is 1. The minimum absolute atomic E-state index is 0.0865. The molecular formula is C14H15N5O4. The Balaban J connectivity index is 1.99. The summed E-state index contributed by atoms with van der Waals surface area (Å²) in [5.41, 5.74) is 0.715. The molecule has 0 saturated carbocycles. The van der Waals surface area contributed by atoms with Gasteiger partial charge in [0.05, 0.1) is 23.2 Å². The van der Waals surface area contributed by atoms with E-state index in [1.165, 1.54) is 6.07 Å². The molecule has 0 fully saturated rings. The van der Waals surface area contributed by atoms with Gasteiger partial charge in [-0.1, -0.05) is 0 Å². The van der Waals surface area contributed by atoms with Gasteiger partial charge >= 0.3 is 0 Å². The van der Waals surface area contributed by atoms with Gasteiger partial charge in [0.15, 0.2) is 12.4 Å². The van der Waals surface area contributed by atoms with Crippen molar-refractivity contribution < 1.29 is 14.5 Å². The summed E-state index contributed by atoms with van der Waals surface area (Å²) in [7, 11) is 3.58. The molecule has 2 heterocycles. The summed E-state index contributed by atoms with van der Waals surface area (Å²) in [5, 5.41) is 14.0. The van der Waals surface area contributed by atoms with E-state index in [0.29, 0.717) is 23.7 Å². The van der Waals surface area contributed by atoms with Gasteiger partial charge in [-0.3, -0.25) is 14.9 Å². The fourth-order valence-electron chi connectivity index (χ4n) is 2.40. The van der Waals surface area contributed by atoms with E-state index < -0.39 is 4.92 Å². The van der Waals surface area contributed by atoms with E-state index in [4.69, 9.17) is 4.74 Å². The third-order valence-corrected chi connectivity index (χ3v) is 3.62. The first-order valence-electron chi connectivity index (χ1n) is 6.88. The number of anilines is 2. The fourth-order valence-corrected chi connectivity index (χ4v) is 2.40. The number of rotatable bonds is 4. The fraction of sp³-hybridized carbons (Fsp3) is 0.286. The second kappa shape index (κ2) is 5.59. The molecular weight excluding hydrogens is 302 g/mol. The molecule has 0 saturated heterocycles. The number of imidazole rings is 1. The zero-order chi connectivity index (χ0) is 16.6. The number of carbonyl (C=O) groups excluding carboxylic acids is 1. The molecule has 120 valence electrons. The largest absolute Gasteiger partial charge is 0.481 e. The highest BCUT2D eigenvalue weighted by Gasteiger charge is 2.25. The predicted octanol–water partition coefficient (Wildman–Crippen LogP) is 1.30. The first-order chi connectivity index (χ1) is 11.0. The van der Waals surface area contributed by atoms with Crippen LogP contribution in [0.4, 0.5) is 17.1 Å². The molecule has 0 atom stereocenters. The third kappa shape index (κ3) is 2.80. The van der Waals surface area contributed by atoms with E-state index in [1.54, 1.807) is 30.4 Å². The Morgan fingerprint density at radius 3 is 2.96 bits per heavy atom. The summed E-state index contributed by atoms with van der Waals surface area (Å²) in [4.78, 5) is 28.2. The number of aryl methyl sites for hydroxylation is 1. The summed E-state index contributed by atoms with van der Waals surface area (Å²) >= 11 is 0. The first kappa shape index (κ1) is 14.8. The molecule has 23 heavy (non-hydrogen) atoms. The Kier molecular flexibility index (Phi) is 3.61. The molecule has 1 aromatic heterocycles. The second-order valence-corrected chi connectivity index (χ2v) is 5.24. The number of ether oxygens (including phenoxy) is 1. The highest BCUT2D eigenvalue weighted by molar-refractivity contribution is 5.96. The molecule has 1 aliphatic heterocycles. The van der Waals surface area contributed by atoms with Gasteiger partial charge in [0.25, 0.3) is 11.6 Å². The molecule has 0 aliphatic carbocycles. The van der Waals surface area contributed by atoms with Gasteiger partial charge in [-0.15, -0.1) is 0 Å². The summed E-state index contributed by atoms with van der Waals surface area (Å²) < 4.78 is 7.07. The molecule has 9 nitrogen and oxygen atoms in total. The molecule has 0 bridgehead atoms. The number of nitrogens with one attached hydrogen (secondary N) is 1. The van der Waals surface area contributed by atoms with Crippen LogP contribution in [0.5, 0.6) is 5.75 Å². The monoisotopic (exact) mass is 317 g/mol. The van der Waals surface area contributed by atoms with Crippen LogP contribution in [-0.2, 0) is 18.4 Å². The summed E-state index contributed by atoms with van der Waals surface area (Å²) in [5.74, 6) is 0.773. The molecule has 1 N–H and O–H groups in total. The van der Waals surface area contributed by atoms with Crippen molar-refractivity contribution in [2.24, 2.45) is 7.05 Å². The summed E-state index contributed by atoms with van der Waals surface area (Å²) in [6.07, 6.45) is 3.47. The smallest absolute Gasteiger partial charge is 0.296 e. The van der Waals surface area contributed by atoms with Crippen molar-refractivity contribution in [3.8, 4) is 5.75 Å². The van der Waals surface area contributed by atoms with E-state index in [2.05, 4.69) is 10.3 Å². The lowest BCUT2D eigenvalue weighted by Crippen LogP contribution is -2.26. The highest BCUT2D eigenvalue weighted by atomic mass is 16.6. The maximum absolute atomic E-state index is 11.4. The topological polar surface area (TPSA) is 103 Å². The lowest BCUT2D eigenvalue weighted by atomic mass is 10.2. The molecule has 0 radical (unpaired) electrons. The molecule has 0 unspecified atom stereocenters. The minimum Gasteiger partial charge on any atom is -0.481 e. The number of aromatic nitrogens is 2. The molecule has 3 rings (SSSR count). The maximum Gasteiger partial charge on any atom is 0.296 e. The molecule has 1 aromatic carbocycles. The third-order valence-electron chi connectivity index (χ3n) is 3.62. The predicted molar refractivity (Wildman–Crippen MR) is 82.5 cm³/mol. The Labute approximate surface area is 131 Å². The lowest BCUT2D eigenvalue weighted by molar-refractivity contribution is -0.384. The number of nitro benzene ring substituents is 1. The van der Waals surface area contributed by atoms with Crippen LogP contribution < -0.4 is 15.0 Å². The van der Waals surface area contributed by atoms with E-state index in [-0.39, 0.29) is 18.2 Å². The van der Waals surface area contributed by atoms with E-state index in [0.717, 1.165) is 5.82 Å². The Hall–Kier alpha value is -3.10. The number of benzene rings is 1. The van der Waals surface area contributed by atoms with Crippen molar-refractivity contribution in [1.82, 2.24) is 9.55 Å². The first-order valence-corrected chi connectivity index (χ1v) is 6.88. The maximum atomic E-state index is 11.4. The highest BCUT2D eigenvalue weighted by Crippen LogP contribution is 2.39. The van der Waals surface area contributed by atoms with E-state index in [1.807, 2.05) is 11.6 Å². The molecule has 9 heteroatoms. The van der Waals surface area contributed by atoms with Gasteiger partial charge < -0.3 is 19.5 Å². The quantitative estimate of drug-likeness (QED) is 0.673. The summed E-state index contributed by atoms with van der Waals surface area (Å²) in [6, 6.07) is 2.88. The number of hydrogen-bond acceptors (Lipinski definition) is 6. The average molecular weight is 317 g/mol. The zero-order valence-electron chi connectivity index (χ0n) is 12.6. The number of hydrogen-bond donors (Lipinski definition) is 1. The number of carbonyl (C=O) groups is 1. The number of nitrogens with zero attached hydrogens (tertiary/aromatic N) is 4. The van der Waals surface area contributed by atoms with Crippen molar-refractivity contribution >= 4 is 23.0 Å². The van der Waals surface area contributed by atoms with Gasteiger partial charge in [0.2, 0.25) is 0 Å². The van der Waals surface area contributed by atoms with Crippen LogP contribution in [0.2, 0.25) is 0 Å².